The molecular formula is C14H24O3. The molecule has 0 aromatic carbocycles. The van der Waals surface area contributed by atoms with Gasteiger partial charge in [0.05, 0.1) is 13.2 Å². The SMILES string of the molecule is CCC[C@@]1(CCO)CC[C@@H]2[C@H]1CC21OCCO1. The maximum absolute atomic E-state index is 9.34. The molecule has 2 saturated carbocycles. The molecule has 3 heteroatoms. The first-order chi connectivity index (χ1) is 8.26. The van der Waals surface area contributed by atoms with E-state index in [1.165, 1.54) is 25.7 Å². The van der Waals surface area contributed by atoms with Crippen molar-refractivity contribution in [2.24, 2.45) is 17.3 Å². The third-order valence-corrected chi connectivity index (χ3v) is 5.43. The van der Waals surface area contributed by atoms with E-state index in [9.17, 15) is 5.11 Å². The van der Waals surface area contributed by atoms with Crippen molar-refractivity contribution in [1.82, 2.24) is 0 Å². The fourth-order valence-electron chi connectivity index (χ4n) is 4.71. The summed E-state index contributed by atoms with van der Waals surface area (Å²) in [5, 5.41) is 9.34. The van der Waals surface area contributed by atoms with Crippen molar-refractivity contribution in [2.45, 2.75) is 51.2 Å². The third-order valence-electron chi connectivity index (χ3n) is 5.43. The van der Waals surface area contributed by atoms with E-state index in [4.69, 9.17) is 9.47 Å². The molecule has 2 aliphatic carbocycles. The van der Waals surface area contributed by atoms with E-state index in [0.29, 0.717) is 17.9 Å². The third kappa shape index (κ3) is 1.59. The quantitative estimate of drug-likeness (QED) is 0.819. The zero-order valence-electron chi connectivity index (χ0n) is 10.8. The second-order valence-electron chi connectivity index (χ2n) is 6.05. The van der Waals surface area contributed by atoms with Gasteiger partial charge in [0.25, 0.3) is 0 Å². The highest BCUT2D eigenvalue weighted by atomic mass is 16.7. The number of hydrogen-bond donors (Lipinski definition) is 1. The lowest BCUT2D eigenvalue weighted by atomic mass is 9.59. The number of aliphatic hydroxyl groups is 1. The molecule has 1 aliphatic heterocycles. The van der Waals surface area contributed by atoms with E-state index in [1.807, 2.05) is 0 Å². The largest absolute Gasteiger partial charge is 0.396 e. The van der Waals surface area contributed by atoms with Crippen molar-refractivity contribution < 1.29 is 14.6 Å². The molecule has 1 N–H and O–H groups in total. The normalized spacial score (nSPS) is 42.7. The lowest BCUT2D eigenvalue weighted by molar-refractivity contribution is -0.281. The Kier molecular flexibility index (Phi) is 2.96. The number of aliphatic hydroxyl groups excluding tert-OH is 1. The van der Waals surface area contributed by atoms with Gasteiger partial charge in [-0.15, -0.1) is 0 Å². The first-order valence-corrected chi connectivity index (χ1v) is 7.15. The summed E-state index contributed by atoms with van der Waals surface area (Å²) >= 11 is 0. The van der Waals surface area contributed by atoms with Gasteiger partial charge in [-0.05, 0) is 37.0 Å². The standard InChI is InChI=1S/C14H24O3/c1-2-4-13(6-7-15)5-3-11-12(13)10-14(11)16-8-9-17-14/h11-12,15H,2-10H2,1H3/t11-,12-,13+/m1/s1. The van der Waals surface area contributed by atoms with Gasteiger partial charge in [0.1, 0.15) is 0 Å². The second kappa shape index (κ2) is 4.22. The molecular weight excluding hydrogens is 216 g/mol. The minimum atomic E-state index is -0.213. The molecule has 0 radical (unpaired) electrons. The zero-order chi connectivity index (χ0) is 11.9. The molecule has 0 aromatic heterocycles. The molecule has 3 fully saturated rings. The van der Waals surface area contributed by atoms with Crippen LogP contribution in [0.1, 0.15) is 45.4 Å². The minimum Gasteiger partial charge on any atom is -0.396 e. The Bertz CT molecular complexity index is 277. The van der Waals surface area contributed by atoms with Crippen LogP contribution in [0.15, 0.2) is 0 Å². The van der Waals surface area contributed by atoms with Gasteiger partial charge in [-0.1, -0.05) is 13.3 Å². The molecule has 1 saturated heterocycles. The Balaban J connectivity index is 1.74. The molecule has 1 spiro atoms. The fraction of sp³-hybridized carbons (Fsp3) is 1.00. The summed E-state index contributed by atoms with van der Waals surface area (Å²) < 4.78 is 11.7. The van der Waals surface area contributed by atoms with Gasteiger partial charge >= 0.3 is 0 Å². The maximum atomic E-state index is 9.34. The van der Waals surface area contributed by atoms with Crippen molar-refractivity contribution in [3.05, 3.63) is 0 Å². The van der Waals surface area contributed by atoms with Crippen LogP contribution >= 0.6 is 0 Å². The fourth-order valence-corrected chi connectivity index (χ4v) is 4.71. The number of hydrogen-bond acceptors (Lipinski definition) is 3. The predicted octanol–water partition coefficient (Wildman–Crippen LogP) is 2.33. The van der Waals surface area contributed by atoms with E-state index >= 15 is 0 Å². The summed E-state index contributed by atoms with van der Waals surface area (Å²) in [7, 11) is 0. The van der Waals surface area contributed by atoms with Crippen LogP contribution in [-0.4, -0.2) is 30.7 Å². The van der Waals surface area contributed by atoms with Crippen LogP contribution in [0.4, 0.5) is 0 Å². The lowest BCUT2D eigenvalue weighted by Crippen LogP contribution is -2.56. The average Bonchev–Trinajstić information content (AvgIpc) is 2.85. The van der Waals surface area contributed by atoms with E-state index in [2.05, 4.69) is 6.92 Å². The van der Waals surface area contributed by atoms with Gasteiger partial charge in [-0.3, -0.25) is 0 Å². The predicted molar refractivity (Wildman–Crippen MR) is 64.5 cm³/mol. The molecule has 3 rings (SSSR count). The molecule has 0 aromatic rings. The first kappa shape index (κ1) is 11.9. The molecule has 98 valence electrons. The van der Waals surface area contributed by atoms with E-state index in [-0.39, 0.29) is 5.79 Å². The first-order valence-electron chi connectivity index (χ1n) is 7.15. The highest BCUT2D eigenvalue weighted by Gasteiger charge is 2.66. The van der Waals surface area contributed by atoms with Crippen molar-refractivity contribution in [2.75, 3.05) is 19.8 Å². The van der Waals surface area contributed by atoms with Gasteiger partial charge in [0, 0.05) is 18.9 Å². The Labute approximate surface area is 103 Å². The number of fused-ring (bicyclic) bond motifs is 2. The van der Waals surface area contributed by atoms with Crippen LogP contribution < -0.4 is 0 Å². The molecule has 0 bridgehead atoms. The molecule has 3 nitrogen and oxygen atoms in total. The monoisotopic (exact) mass is 240 g/mol. The number of rotatable bonds is 4. The Morgan fingerprint density at radius 1 is 1.18 bits per heavy atom. The Hall–Kier alpha value is -0.120. The van der Waals surface area contributed by atoms with Gasteiger partial charge in [-0.25, -0.2) is 0 Å². The summed E-state index contributed by atoms with van der Waals surface area (Å²) in [6.45, 7) is 4.12. The van der Waals surface area contributed by atoms with Crippen molar-refractivity contribution >= 4 is 0 Å². The smallest absolute Gasteiger partial charge is 0.171 e. The van der Waals surface area contributed by atoms with Crippen LogP contribution in [0, 0.1) is 17.3 Å². The summed E-state index contributed by atoms with van der Waals surface area (Å²) in [6, 6.07) is 0. The van der Waals surface area contributed by atoms with E-state index < -0.39 is 0 Å². The molecule has 1 heterocycles. The average molecular weight is 240 g/mol. The van der Waals surface area contributed by atoms with Crippen LogP contribution in [-0.2, 0) is 9.47 Å². The summed E-state index contributed by atoms with van der Waals surface area (Å²) in [5.41, 5.74) is 0.384. The second-order valence-corrected chi connectivity index (χ2v) is 6.05. The van der Waals surface area contributed by atoms with Gasteiger partial charge in [0.15, 0.2) is 5.79 Å². The highest BCUT2D eigenvalue weighted by molar-refractivity contribution is 5.10. The van der Waals surface area contributed by atoms with Crippen molar-refractivity contribution in [3.8, 4) is 0 Å². The molecule has 0 amide bonds. The number of ether oxygens (including phenoxy) is 2. The summed E-state index contributed by atoms with van der Waals surface area (Å²) in [6.07, 6.45) is 6.99. The highest BCUT2D eigenvalue weighted by Crippen LogP contribution is 2.66. The van der Waals surface area contributed by atoms with Gasteiger partial charge in [0.2, 0.25) is 0 Å². The van der Waals surface area contributed by atoms with Crippen LogP contribution in [0.25, 0.3) is 0 Å². The van der Waals surface area contributed by atoms with Crippen LogP contribution in [0.3, 0.4) is 0 Å². The van der Waals surface area contributed by atoms with Crippen molar-refractivity contribution in [1.29, 1.82) is 0 Å². The maximum Gasteiger partial charge on any atom is 0.171 e. The minimum absolute atomic E-state index is 0.213. The zero-order valence-corrected chi connectivity index (χ0v) is 10.8. The van der Waals surface area contributed by atoms with Crippen LogP contribution in [0.5, 0.6) is 0 Å². The molecule has 0 unspecified atom stereocenters. The topological polar surface area (TPSA) is 38.7 Å². The summed E-state index contributed by atoms with van der Waals surface area (Å²) in [5.74, 6) is 1.12. The summed E-state index contributed by atoms with van der Waals surface area (Å²) in [4.78, 5) is 0. The Morgan fingerprint density at radius 3 is 2.59 bits per heavy atom. The van der Waals surface area contributed by atoms with Crippen LogP contribution in [0.2, 0.25) is 0 Å². The molecule has 3 atom stereocenters. The van der Waals surface area contributed by atoms with E-state index in [0.717, 1.165) is 32.0 Å². The van der Waals surface area contributed by atoms with Crippen molar-refractivity contribution in [3.63, 3.8) is 0 Å². The lowest BCUT2D eigenvalue weighted by Gasteiger charge is -2.53. The Morgan fingerprint density at radius 2 is 1.94 bits per heavy atom. The molecule has 17 heavy (non-hydrogen) atoms. The van der Waals surface area contributed by atoms with E-state index in [1.54, 1.807) is 0 Å². The van der Waals surface area contributed by atoms with Gasteiger partial charge in [-0.2, -0.15) is 0 Å². The molecule has 3 aliphatic rings. The van der Waals surface area contributed by atoms with Gasteiger partial charge < -0.3 is 14.6 Å².